The Kier molecular flexibility index (Phi) is 10.3. The Labute approximate surface area is 179 Å². The molecule has 0 aliphatic rings. The molecule has 31 heavy (non-hydrogen) atoms. The zero-order chi connectivity index (χ0) is 23.6. The van der Waals surface area contributed by atoms with E-state index in [1.807, 2.05) is 0 Å². The van der Waals surface area contributed by atoms with Crippen molar-refractivity contribution in [1.29, 1.82) is 0 Å². The van der Waals surface area contributed by atoms with Gasteiger partial charge in [-0.05, 0) is 26.3 Å². The van der Waals surface area contributed by atoms with Crippen molar-refractivity contribution in [2.75, 3.05) is 13.7 Å². The molecule has 0 radical (unpaired) electrons. The van der Waals surface area contributed by atoms with Crippen LogP contribution in [0.2, 0.25) is 0 Å². The number of carboxylic acid groups (broad SMARTS) is 1. The molecule has 0 spiro atoms. The van der Waals surface area contributed by atoms with Crippen LogP contribution in [0.3, 0.4) is 0 Å². The SMILES string of the molecule is COC(Cc1ccccc1)[C@H](NC(=O)[C@H](COC(F)F)NC(=O)OC(C)(C)C)C(=O)O. The molecule has 1 rings (SSSR count). The largest absolute Gasteiger partial charge is 0.480 e. The summed E-state index contributed by atoms with van der Waals surface area (Å²) in [4.78, 5) is 36.4. The van der Waals surface area contributed by atoms with E-state index < -0.39 is 55.0 Å². The minimum absolute atomic E-state index is 0.159. The standard InChI is InChI=1S/C20H28F2N2O7/c1-20(2,3)31-19(28)23-13(11-30-18(21)22)16(25)24-15(17(26)27)14(29-4)10-12-8-6-5-7-9-12/h5-9,13-15,18H,10-11H2,1-4H3,(H,23,28)(H,24,25)(H,26,27)/t13-,14?,15-/m0/s1. The van der Waals surface area contributed by atoms with Gasteiger partial charge in [-0.15, -0.1) is 0 Å². The number of ether oxygens (including phenoxy) is 3. The average molecular weight is 446 g/mol. The summed E-state index contributed by atoms with van der Waals surface area (Å²) in [6.07, 6.45) is -1.86. The van der Waals surface area contributed by atoms with E-state index in [1.165, 1.54) is 7.11 Å². The van der Waals surface area contributed by atoms with Crippen LogP contribution in [0.25, 0.3) is 0 Å². The minimum atomic E-state index is -3.20. The predicted octanol–water partition coefficient (Wildman–Crippen LogP) is 1.95. The van der Waals surface area contributed by atoms with Crippen molar-refractivity contribution in [2.24, 2.45) is 0 Å². The second-order valence-corrected chi connectivity index (χ2v) is 7.58. The van der Waals surface area contributed by atoms with Crippen molar-refractivity contribution in [1.82, 2.24) is 10.6 Å². The number of amides is 2. The Balaban J connectivity index is 2.95. The number of alkyl halides is 2. The van der Waals surface area contributed by atoms with E-state index >= 15 is 0 Å². The lowest BCUT2D eigenvalue weighted by Crippen LogP contribution is -2.57. The zero-order valence-corrected chi connectivity index (χ0v) is 17.8. The number of halogens is 2. The Hall–Kier alpha value is -2.79. The van der Waals surface area contributed by atoms with Gasteiger partial charge < -0.3 is 30.0 Å². The number of carbonyl (C=O) groups is 3. The van der Waals surface area contributed by atoms with E-state index in [0.29, 0.717) is 0 Å². The van der Waals surface area contributed by atoms with Crippen LogP contribution in [0.5, 0.6) is 0 Å². The van der Waals surface area contributed by atoms with Crippen molar-refractivity contribution < 1.29 is 42.5 Å². The molecule has 0 fully saturated rings. The summed E-state index contributed by atoms with van der Waals surface area (Å²) in [7, 11) is 1.28. The molecule has 0 aromatic heterocycles. The second-order valence-electron chi connectivity index (χ2n) is 7.58. The van der Waals surface area contributed by atoms with Crippen molar-refractivity contribution >= 4 is 18.0 Å². The van der Waals surface area contributed by atoms with Crippen LogP contribution in [0.15, 0.2) is 30.3 Å². The lowest BCUT2D eigenvalue weighted by atomic mass is 10.0. The molecule has 3 N–H and O–H groups in total. The molecule has 9 nitrogen and oxygen atoms in total. The quantitative estimate of drug-likeness (QED) is 0.475. The number of benzene rings is 1. The van der Waals surface area contributed by atoms with Crippen LogP contribution in [0.1, 0.15) is 26.3 Å². The van der Waals surface area contributed by atoms with E-state index in [0.717, 1.165) is 5.56 Å². The molecule has 0 heterocycles. The number of aliphatic carboxylic acids is 1. The molecular weight excluding hydrogens is 418 g/mol. The highest BCUT2D eigenvalue weighted by Gasteiger charge is 2.34. The fourth-order valence-corrected chi connectivity index (χ4v) is 2.55. The Morgan fingerprint density at radius 3 is 2.19 bits per heavy atom. The maximum Gasteiger partial charge on any atom is 0.408 e. The summed E-state index contributed by atoms with van der Waals surface area (Å²) in [6.45, 7) is 0.626. The van der Waals surface area contributed by atoms with Crippen molar-refractivity contribution in [2.45, 2.75) is 57.6 Å². The molecule has 0 bridgehead atoms. The highest BCUT2D eigenvalue weighted by molar-refractivity contribution is 5.89. The molecule has 0 aliphatic heterocycles. The first kappa shape index (κ1) is 26.2. The van der Waals surface area contributed by atoms with Crippen molar-refractivity contribution in [3.63, 3.8) is 0 Å². The number of hydrogen-bond acceptors (Lipinski definition) is 6. The van der Waals surface area contributed by atoms with E-state index in [-0.39, 0.29) is 6.42 Å². The average Bonchev–Trinajstić information content (AvgIpc) is 2.66. The number of carbonyl (C=O) groups excluding carboxylic acids is 2. The second kappa shape index (κ2) is 12.2. The Bertz CT molecular complexity index is 726. The van der Waals surface area contributed by atoms with Crippen molar-refractivity contribution in [3.8, 4) is 0 Å². The smallest absolute Gasteiger partial charge is 0.408 e. The van der Waals surface area contributed by atoms with Crippen LogP contribution in [-0.4, -0.2) is 67.2 Å². The molecule has 0 saturated carbocycles. The number of nitrogens with one attached hydrogen (secondary N) is 2. The number of rotatable bonds is 11. The first-order valence-electron chi connectivity index (χ1n) is 9.42. The van der Waals surface area contributed by atoms with E-state index in [9.17, 15) is 28.3 Å². The molecule has 1 aromatic carbocycles. The van der Waals surface area contributed by atoms with Gasteiger partial charge in [-0.3, -0.25) is 4.79 Å². The fourth-order valence-electron chi connectivity index (χ4n) is 2.55. The zero-order valence-electron chi connectivity index (χ0n) is 17.8. The van der Waals surface area contributed by atoms with Crippen LogP contribution in [0, 0.1) is 0 Å². The monoisotopic (exact) mass is 446 g/mol. The molecule has 11 heteroatoms. The van der Waals surface area contributed by atoms with Gasteiger partial charge in [0, 0.05) is 13.5 Å². The van der Waals surface area contributed by atoms with E-state index in [2.05, 4.69) is 15.4 Å². The summed E-state index contributed by atoms with van der Waals surface area (Å²) in [5.41, 5.74) is -0.144. The first-order valence-corrected chi connectivity index (χ1v) is 9.42. The third-order valence-corrected chi connectivity index (χ3v) is 3.91. The van der Waals surface area contributed by atoms with Gasteiger partial charge in [0.25, 0.3) is 0 Å². The third-order valence-electron chi connectivity index (χ3n) is 3.91. The number of carboxylic acids is 1. The molecule has 3 atom stereocenters. The normalized spacial score (nSPS) is 14.4. The Morgan fingerprint density at radius 2 is 1.71 bits per heavy atom. The molecule has 1 unspecified atom stereocenters. The predicted molar refractivity (Wildman–Crippen MR) is 106 cm³/mol. The van der Waals surface area contributed by atoms with Gasteiger partial charge in [0.1, 0.15) is 11.6 Å². The molecule has 174 valence electrons. The van der Waals surface area contributed by atoms with Gasteiger partial charge in [0.2, 0.25) is 5.91 Å². The summed E-state index contributed by atoms with van der Waals surface area (Å²) in [5, 5.41) is 13.9. The van der Waals surface area contributed by atoms with E-state index in [4.69, 9.17) is 9.47 Å². The van der Waals surface area contributed by atoms with Gasteiger partial charge in [0.15, 0.2) is 6.04 Å². The maximum atomic E-state index is 12.6. The molecular formula is C20H28F2N2O7. The third kappa shape index (κ3) is 10.2. The van der Waals surface area contributed by atoms with Crippen molar-refractivity contribution in [3.05, 3.63) is 35.9 Å². The number of hydrogen-bond donors (Lipinski definition) is 3. The topological polar surface area (TPSA) is 123 Å². The molecule has 0 saturated heterocycles. The van der Waals surface area contributed by atoms with Crippen LogP contribution >= 0.6 is 0 Å². The lowest BCUT2D eigenvalue weighted by molar-refractivity contribution is -0.150. The summed E-state index contributed by atoms with van der Waals surface area (Å²) in [5.74, 6) is -2.45. The van der Waals surface area contributed by atoms with Crippen LogP contribution in [-0.2, 0) is 30.2 Å². The van der Waals surface area contributed by atoms with Crippen LogP contribution < -0.4 is 10.6 Å². The molecule has 1 aromatic rings. The molecule has 2 amide bonds. The van der Waals surface area contributed by atoms with E-state index in [1.54, 1.807) is 51.1 Å². The fraction of sp³-hybridized carbons (Fsp3) is 0.550. The maximum absolute atomic E-state index is 12.6. The number of alkyl carbamates (subject to hydrolysis) is 1. The van der Waals surface area contributed by atoms with Gasteiger partial charge in [-0.2, -0.15) is 8.78 Å². The summed E-state index contributed by atoms with van der Waals surface area (Å²) >= 11 is 0. The highest BCUT2D eigenvalue weighted by Crippen LogP contribution is 2.11. The number of methoxy groups -OCH3 is 1. The summed E-state index contributed by atoms with van der Waals surface area (Å²) in [6, 6.07) is 5.69. The van der Waals surface area contributed by atoms with Gasteiger partial charge in [-0.25, -0.2) is 9.59 Å². The summed E-state index contributed by atoms with van der Waals surface area (Å²) < 4.78 is 39.3. The van der Waals surface area contributed by atoms with Crippen LogP contribution in [0.4, 0.5) is 13.6 Å². The van der Waals surface area contributed by atoms with Gasteiger partial charge >= 0.3 is 18.7 Å². The molecule has 0 aliphatic carbocycles. The first-order chi connectivity index (χ1) is 14.4. The highest BCUT2D eigenvalue weighted by atomic mass is 19.3. The minimum Gasteiger partial charge on any atom is -0.480 e. The lowest BCUT2D eigenvalue weighted by Gasteiger charge is -2.27. The van der Waals surface area contributed by atoms with Gasteiger partial charge in [-0.1, -0.05) is 30.3 Å². The van der Waals surface area contributed by atoms with Gasteiger partial charge in [0.05, 0.1) is 12.7 Å². The Morgan fingerprint density at radius 1 is 1.10 bits per heavy atom.